The van der Waals surface area contributed by atoms with E-state index in [0.29, 0.717) is 0 Å². The largest absolute Gasteiger partial charge is 0.381 e. The molecule has 0 aliphatic heterocycles. The van der Waals surface area contributed by atoms with Gasteiger partial charge in [-0.3, -0.25) is 4.55 Å². The average molecular weight is 294 g/mol. The summed E-state index contributed by atoms with van der Waals surface area (Å²) in [6.45, 7) is 6.28. The lowest BCUT2D eigenvalue weighted by atomic mass is 10.3. The second-order valence-corrected chi connectivity index (χ2v) is 6.32. The Morgan fingerprint density at radius 2 is 1.78 bits per heavy atom. The van der Waals surface area contributed by atoms with Crippen LogP contribution in [0.15, 0.2) is 21.7 Å². The van der Waals surface area contributed by atoms with Gasteiger partial charge in [-0.1, -0.05) is 32.8 Å². The highest BCUT2D eigenvalue weighted by molar-refractivity contribution is 7.88. The molecule has 0 radical (unpaired) electrons. The molecule has 1 aromatic heterocycles. The van der Waals surface area contributed by atoms with Crippen molar-refractivity contribution >= 4 is 21.5 Å². The van der Waals surface area contributed by atoms with Gasteiger partial charge in [0.15, 0.2) is 0 Å². The van der Waals surface area contributed by atoms with Crippen molar-refractivity contribution < 1.29 is 17.7 Å². The topological polar surface area (TPSA) is 63.6 Å². The maximum Gasteiger partial charge on any atom is 0.304 e. The third-order valence-electron chi connectivity index (χ3n) is 2.03. The number of hydrogen-bond donors (Lipinski definition) is 1. The third-order valence-corrected chi connectivity index (χ3v) is 4.26. The number of rotatable bonds is 7. The first kappa shape index (κ1) is 17.6. The van der Waals surface area contributed by atoms with Crippen molar-refractivity contribution in [1.29, 1.82) is 0 Å². The lowest BCUT2D eigenvalue weighted by Crippen LogP contribution is -1.95. The van der Waals surface area contributed by atoms with E-state index in [9.17, 15) is 8.42 Å². The number of thiophene rings is 1. The standard InChI is InChI=1S/C8H18O.C4H4O3S2/c1-3-5-7-9-8-6-4-2;5-9(6,7)4-2-1-3-8-4/h3-8H2,1-2H3;1-3H,(H,5,6,7). The minimum atomic E-state index is -3.94. The molecule has 1 aromatic rings. The van der Waals surface area contributed by atoms with Crippen molar-refractivity contribution in [3.05, 3.63) is 17.5 Å². The van der Waals surface area contributed by atoms with Crippen molar-refractivity contribution in [1.82, 2.24) is 0 Å². The second-order valence-electron chi connectivity index (χ2n) is 3.73. The fourth-order valence-corrected chi connectivity index (χ4v) is 2.36. The molecule has 1 heterocycles. The molecule has 4 nitrogen and oxygen atoms in total. The summed E-state index contributed by atoms with van der Waals surface area (Å²) in [6.07, 6.45) is 4.91. The van der Waals surface area contributed by atoms with E-state index in [1.807, 2.05) is 0 Å². The monoisotopic (exact) mass is 294 g/mol. The molecular formula is C12H22O4S2. The molecule has 0 aromatic carbocycles. The lowest BCUT2D eigenvalue weighted by molar-refractivity contribution is 0.128. The molecule has 1 rings (SSSR count). The van der Waals surface area contributed by atoms with E-state index in [1.54, 1.807) is 11.4 Å². The summed E-state index contributed by atoms with van der Waals surface area (Å²) in [5.74, 6) is 0. The molecule has 0 spiro atoms. The molecule has 0 aliphatic carbocycles. The van der Waals surface area contributed by atoms with Crippen LogP contribution in [0.25, 0.3) is 0 Å². The van der Waals surface area contributed by atoms with E-state index in [2.05, 4.69) is 13.8 Å². The van der Waals surface area contributed by atoms with Crippen LogP contribution in [0.3, 0.4) is 0 Å². The average Bonchev–Trinajstić information content (AvgIpc) is 2.83. The van der Waals surface area contributed by atoms with E-state index in [4.69, 9.17) is 9.29 Å². The van der Waals surface area contributed by atoms with Gasteiger partial charge >= 0.3 is 10.1 Å². The summed E-state index contributed by atoms with van der Waals surface area (Å²) in [5, 5.41) is 1.59. The summed E-state index contributed by atoms with van der Waals surface area (Å²) >= 11 is 0.992. The van der Waals surface area contributed by atoms with Crippen LogP contribution < -0.4 is 0 Å². The van der Waals surface area contributed by atoms with Gasteiger partial charge in [-0.05, 0) is 24.3 Å². The fraction of sp³-hybridized carbons (Fsp3) is 0.667. The van der Waals surface area contributed by atoms with Gasteiger partial charge in [-0.15, -0.1) is 11.3 Å². The van der Waals surface area contributed by atoms with Gasteiger partial charge < -0.3 is 4.74 Å². The predicted molar refractivity (Wildman–Crippen MR) is 74.8 cm³/mol. The van der Waals surface area contributed by atoms with Crippen LogP contribution in [-0.2, 0) is 14.9 Å². The van der Waals surface area contributed by atoms with Crippen molar-refractivity contribution in [2.75, 3.05) is 13.2 Å². The van der Waals surface area contributed by atoms with Crippen molar-refractivity contribution in [3.8, 4) is 0 Å². The van der Waals surface area contributed by atoms with Crippen LogP contribution in [0.5, 0.6) is 0 Å². The molecule has 0 unspecified atom stereocenters. The van der Waals surface area contributed by atoms with E-state index in [-0.39, 0.29) is 4.21 Å². The third kappa shape index (κ3) is 9.58. The highest BCUT2D eigenvalue weighted by atomic mass is 32.3. The summed E-state index contributed by atoms with van der Waals surface area (Å²) in [4.78, 5) is 0. The Morgan fingerprint density at radius 1 is 1.22 bits per heavy atom. The molecular weight excluding hydrogens is 272 g/mol. The molecule has 18 heavy (non-hydrogen) atoms. The van der Waals surface area contributed by atoms with E-state index >= 15 is 0 Å². The maximum atomic E-state index is 10.3. The van der Waals surface area contributed by atoms with Crippen LogP contribution >= 0.6 is 11.3 Å². The Hall–Kier alpha value is -0.430. The zero-order chi connectivity index (χ0) is 13.9. The summed E-state index contributed by atoms with van der Waals surface area (Å²) in [5.41, 5.74) is 0. The molecule has 0 saturated heterocycles. The Balaban J connectivity index is 0.000000321. The lowest BCUT2D eigenvalue weighted by Gasteiger charge is -1.99. The van der Waals surface area contributed by atoms with Gasteiger partial charge in [0.05, 0.1) is 0 Å². The Bertz CT molecular complexity index is 365. The molecule has 0 atom stereocenters. The minimum absolute atomic E-state index is 0.0116. The summed E-state index contributed by atoms with van der Waals surface area (Å²) in [6, 6.07) is 2.91. The number of unbranched alkanes of at least 4 members (excludes halogenated alkanes) is 2. The second kappa shape index (κ2) is 10.5. The first-order valence-electron chi connectivity index (χ1n) is 6.11. The Labute approximate surface area is 114 Å². The molecule has 0 aliphatic rings. The van der Waals surface area contributed by atoms with Gasteiger partial charge in [0.2, 0.25) is 0 Å². The van der Waals surface area contributed by atoms with E-state index in [0.717, 1.165) is 24.6 Å². The van der Waals surface area contributed by atoms with Gasteiger partial charge in [0.25, 0.3) is 0 Å². The van der Waals surface area contributed by atoms with Gasteiger partial charge in [0.1, 0.15) is 4.21 Å². The zero-order valence-corrected chi connectivity index (χ0v) is 12.6. The molecule has 6 heteroatoms. The first-order valence-corrected chi connectivity index (χ1v) is 8.43. The van der Waals surface area contributed by atoms with E-state index in [1.165, 1.54) is 31.7 Å². The van der Waals surface area contributed by atoms with Crippen LogP contribution in [0.1, 0.15) is 39.5 Å². The molecule has 0 fully saturated rings. The summed E-state index contributed by atoms with van der Waals surface area (Å²) < 4.78 is 34.2. The van der Waals surface area contributed by atoms with Crippen molar-refractivity contribution in [2.24, 2.45) is 0 Å². The fourth-order valence-electron chi connectivity index (χ4n) is 1.01. The molecule has 1 N–H and O–H groups in total. The Kier molecular flexibility index (Phi) is 10.2. The summed E-state index contributed by atoms with van der Waals surface area (Å²) in [7, 11) is -3.94. The highest BCUT2D eigenvalue weighted by Gasteiger charge is 2.08. The van der Waals surface area contributed by atoms with Crippen LogP contribution in [0, 0.1) is 0 Å². The Morgan fingerprint density at radius 3 is 2.06 bits per heavy atom. The smallest absolute Gasteiger partial charge is 0.304 e. The van der Waals surface area contributed by atoms with Gasteiger partial charge in [-0.2, -0.15) is 8.42 Å². The van der Waals surface area contributed by atoms with E-state index < -0.39 is 10.1 Å². The molecule has 0 amide bonds. The van der Waals surface area contributed by atoms with Gasteiger partial charge in [0, 0.05) is 13.2 Å². The minimum Gasteiger partial charge on any atom is -0.381 e. The molecule has 0 saturated carbocycles. The number of hydrogen-bond acceptors (Lipinski definition) is 4. The van der Waals surface area contributed by atoms with Crippen molar-refractivity contribution in [2.45, 2.75) is 43.7 Å². The van der Waals surface area contributed by atoms with Crippen LogP contribution in [-0.4, -0.2) is 26.2 Å². The first-order chi connectivity index (χ1) is 8.52. The van der Waals surface area contributed by atoms with Crippen molar-refractivity contribution in [3.63, 3.8) is 0 Å². The SMILES string of the molecule is CCCCOCCCC.O=S(=O)(O)c1cccs1. The predicted octanol–water partition coefficient (Wildman–Crippen LogP) is 3.60. The van der Waals surface area contributed by atoms with Crippen LogP contribution in [0.4, 0.5) is 0 Å². The molecule has 0 bridgehead atoms. The highest BCUT2D eigenvalue weighted by Crippen LogP contribution is 2.14. The number of ether oxygens (including phenoxy) is 1. The molecule has 106 valence electrons. The normalized spacial score (nSPS) is 10.8. The maximum absolute atomic E-state index is 10.3. The van der Waals surface area contributed by atoms with Gasteiger partial charge in [-0.25, -0.2) is 0 Å². The zero-order valence-electron chi connectivity index (χ0n) is 11.0. The quantitative estimate of drug-likeness (QED) is 0.616. The van der Waals surface area contributed by atoms with Crippen LogP contribution in [0.2, 0.25) is 0 Å².